The van der Waals surface area contributed by atoms with E-state index in [0.29, 0.717) is 18.5 Å². The van der Waals surface area contributed by atoms with E-state index in [-0.39, 0.29) is 6.61 Å². The number of aromatic nitrogens is 1. The highest BCUT2D eigenvalue weighted by Gasteiger charge is 2.27. The van der Waals surface area contributed by atoms with Crippen LogP contribution in [0.15, 0.2) is 48.5 Å². The van der Waals surface area contributed by atoms with Crippen LogP contribution in [0.25, 0.3) is 10.9 Å². The van der Waals surface area contributed by atoms with E-state index < -0.39 is 18.1 Å². The van der Waals surface area contributed by atoms with E-state index in [0.717, 1.165) is 22.3 Å². The lowest BCUT2D eigenvalue weighted by Gasteiger charge is -2.22. The van der Waals surface area contributed by atoms with Gasteiger partial charge in [0.05, 0.1) is 6.61 Å². The van der Waals surface area contributed by atoms with Crippen molar-refractivity contribution < 1.29 is 19.4 Å². The molecular weight excluding hydrogens is 382 g/mol. The number of aldehydes is 1. The third-order valence-electron chi connectivity index (χ3n) is 4.95. The van der Waals surface area contributed by atoms with Gasteiger partial charge < -0.3 is 29.8 Å². The first kappa shape index (κ1) is 21.5. The van der Waals surface area contributed by atoms with Crippen molar-refractivity contribution in [2.45, 2.75) is 26.1 Å². The van der Waals surface area contributed by atoms with Crippen LogP contribution < -0.4 is 10.2 Å². The van der Waals surface area contributed by atoms with Gasteiger partial charge in [0, 0.05) is 41.6 Å². The molecule has 2 aromatic carbocycles. The van der Waals surface area contributed by atoms with Crippen LogP contribution >= 0.6 is 0 Å². The van der Waals surface area contributed by atoms with Gasteiger partial charge in [-0.3, -0.25) is 4.79 Å². The Kier molecular flexibility index (Phi) is 6.87. The van der Waals surface area contributed by atoms with Gasteiger partial charge in [-0.25, -0.2) is 0 Å². The number of H-pyrrole nitrogens is 1. The zero-order chi connectivity index (χ0) is 21.7. The number of hydrogen-bond acceptors (Lipinski definition) is 5. The van der Waals surface area contributed by atoms with Crippen LogP contribution in [0.3, 0.4) is 0 Å². The second kappa shape index (κ2) is 9.56. The second-order valence-corrected chi connectivity index (χ2v) is 7.42. The number of ether oxygens (including phenoxy) is 1. The average Bonchev–Trinajstić information content (AvgIpc) is 3.10. The number of aliphatic hydroxyl groups excluding tert-OH is 1. The van der Waals surface area contributed by atoms with Crippen molar-refractivity contribution in [3.05, 3.63) is 59.8 Å². The molecule has 7 heteroatoms. The number of likely N-dealkylation sites (N-methyl/N-ethyl adjacent to an activating group) is 1. The van der Waals surface area contributed by atoms with E-state index in [2.05, 4.69) is 10.3 Å². The standard InChI is InChI=1S/C23H27N3O4/c1-15-4-7-19(8-5-15)26(3)10-11-30-21(14-27)22(28)23(29)25-18-6-9-20-17(13-18)12-16(2)24-20/h4-9,12-14,21-22,24,28H,10-11H2,1-3H3,(H,25,29). The molecule has 1 aromatic heterocycles. The molecule has 30 heavy (non-hydrogen) atoms. The minimum Gasteiger partial charge on any atom is -0.380 e. The molecule has 0 saturated carbocycles. The SMILES string of the molecule is Cc1ccc(N(C)CCOC(C=O)C(O)C(=O)Nc2ccc3[nH]c(C)cc3c2)cc1. The molecule has 0 bridgehead atoms. The molecule has 0 aliphatic heterocycles. The maximum absolute atomic E-state index is 12.4. The predicted molar refractivity (Wildman–Crippen MR) is 118 cm³/mol. The van der Waals surface area contributed by atoms with E-state index in [1.54, 1.807) is 12.1 Å². The lowest BCUT2D eigenvalue weighted by atomic mass is 10.2. The van der Waals surface area contributed by atoms with Crippen LogP contribution in [-0.4, -0.2) is 54.7 Å². The summed E-state index contributed by atoms with van der Waals surface area (Å²) in [6, 6.07) is 15.4. The number of nitrogens with zero attached hydrogens (tertiary/aromatic N) is 1. The molecule has 0 fully saturated rings. The molecule has 3 rings (SSSR count). The number of aryl methyl sites for hydroxylation is 2. The summed E-state index contributed by atoms with van der Waals surface area (Å²) in [5, 5.41) is 13.9. The van der Waals surface area contributed by atoms with Crippen molar-refractivity contribution in [3.8, 4) is 0 Å². The molecule has 1 heterocycles. The van der Waals surface area contributed by atoms with E-state index in [4.69, 9.17) is 4.74 Å². The third-order valence-corrected chi connectivity index (χ3v) is 4.95. The molecule has 0 spiro atoms. The summed E-state index contributed by atoms with van der Waals surface area (Å²) in [7, 11) is 1.91. The molecule has 0 radical (unpaired) electrons. The number of aliphatic hydroxyl groups is 1. The van der Waals surface area contributed by atoms with Gasteiger partial charge in [-0.05, 0) is 50.2 Å². The van der Waals surface area contributed by atoms with Gasteiger partial charge in [0.1, 0.15) is 6.10 Å². The largest absolute Gasteiger partial charge is 0.380 e. The van der Waals surface area contributed by atoms with Crippen LogP contribution in [0.2, 0.25) is 0 Å². The van der Waals surface area contributed by atoms with Gasteiger partial charge in [-0.15, -0.1) is 0 Å². The van der Waals surface area contributed by atoms with Gasteiger partial charge in [0.25, 0.3) is 5.91 Å². The van der Waals surface area contributed by atoms with Crippen molar-refractivity contribution in [2.24, 2.45) is 0 Å². The number of carbonyl (C=O) groups excluding carboxylic acids is 2. The van der Waals surface area contributed by atoms with Crippen LogP contribution in [0, 0.1) is 13.8 Å². The number of aromatic amines is 1. The van der Waals surface area contributed by atoms with Gasteiger partial charge in [-0.2, -0.15) is 0 Å². The molecular formula is C23H27N3O4. The molecule has 2 atom stereocenters. The number of benzene rings is 2. The monoisotopic (exact) mass is 409 g/mol. The molecule has 158 valence electrons. The van der Waals surface area contributed by atoms with Crippen molar-refractivity contribution in [1.29, 1.82) is 0 Å². The average molecular weight is 409 g/mol. The van der Waals surface area contributed by atoms with E-state index >= 15 is 0 Å². The molecule has 1 amide bonds. The number of rotatable bonds is 9. The van der Waals surface area contributed by atoms with Crippen molar-refractivity contribution >= 4 is 34.5 Å². The summed E-state index contributed by atoms with van der Waals surface area (Å²) < 4.78 is 5.48. The number of nitrogens with one attached hydrogen (secondary N) is 2. The highest BCUT2D eigenvalue weighted by Crippen LogP contribution is 2.20. The van der Waals surface area contributed by atoms with Gasteiger partial charge in [-0.1, -0.05) is 17.7 Å². The first-order valence-corrected chi connectivity index (χ1v) is 9.80. The Balaban J connectivity index is 1.53. The second-order valence-electron chi connectivity index (χ2n) is 7.42. The molecule has 0 aliphatic carbocycles. The van der Waals surface area contributed by atoms with Crippen LogP contribution in [0.5, 0.6) is 0 Å². The van der Waals surface area contributed by atoms with Crippen LogP contribution in [0.1, 0.15) is 11.3 Å². The summed E-state index contributed by atoms with van der Waals surface area (Å²) in [5.41, 5.74) is 4.69. The van der Waals surface area contributed by atoms with E-state index in [9.17, 15) is 14.7 Å². The summed E-state index contributed by atoms with van der Waals surface area (Å²) in [4.78, 5) is 28.9. The molecule has 3 aromatic rings. The lowest BCUT2D eigenvalue weighted by Crippen LogP contribution is -2.41. The lowest BCUT2D eigenvalue weighted by molar-refractivity contribution is -0.139. The van der Waals surface area contributed by atoms with Crippen molar-refractivity contribution in [3.63, 3.8) is 0 Å². The molecule has 0 aliphatic rings. The number of carbonyl (C=O) groups is 2. The third kappa shape index (κ3) is 5.25. The summed E-state index contributed by atoms with van der Waals surface area (Å²) in [6.07, 6.45) is -2.39. The van der Waals surface area contributed by atoms with Crippen LogP contribution in [0.4, 0.5) is 11.4 Å². The normalized spacial score (nSPS) is 13.1. The zero-order valence-corrected chi connectivity index (χ0v) is 17.4. The van der Waals surface area contributed by atoms with Crippen molar-refractivity contribution in [2.75, 3.05) is 30.4 Å². The molecule has 2 unspecified atom stereocenters. The number of anilines is 2. The summed E-state index contributed by atoms with van der Waals surface area (Å²) >= 11 is 0. The Morgan fingerprint density at radius 3 is 2.63 bits per heavy atom. The van der Waals surface area contributed by atoms with E-state index in [1.807, 2.05) is 62.2 Å². The number of fused-ring (bicyclic) bond motifs is 1. The Morgan fingerprint density at radius 2 is 1.93 bits per heavy atom. The smallest absolute Gasteiger partial charge is 0.256 e. The summed E-state index contributed by atoms with van der Waals surface area (Å²) in [6.45, 7) is 4.66. The minimum atomic E-state index is -1.60. The maximum atomic E-state index is 12.4. The Labute approximate surface area is 175 Å². The van der Waals surface area contributed by atoms with Crippen molar-refractivity contribution in [1.82, 2.24) is 4.98 Å². The van der Waals surface area contributed by atoms with Crippen LogP contribution in [-0.2, 0) is 14.3 Å². The first-order chi connectivity index (χ1) is 14.4. The zero-order valence-electron chi connectivity index (χ0n) is 17.4. The first-order valence-electron chi connectivity index (χ1n) is 9.80. The molecule has 0 saturated heterocycles. The fraction of sp³-hybridized carbons (Fsp3) is 0.304. The predicted octanol–water partition coefficient (Wildman–Crippen LogP) is 2.80. The quantitative estimate of drug-likeness (QED) is 0.473. The Morgan fingerprint density at radius 1 is 1.20 bits per heavy atom. The fourth-order valence-electron chi connectivity index (χ4n) is 3.18. The fourth-order valence-corrected chi connectivity index (χ4v) is 3.18. The maximum Gasteiger partial charge on any atom is 0.256 e. The Bertz CT molecular complexity index is 1010. The molecule has 3 N–H and O–H groups in total. The highest BCUT2D eigenvalue weighted by molar-refractivity contribution is 5.98. The van der Waals surface area contributed by atoms with Gasteiger partial charge >= 0.3 is 0 Å². The molecule has 7 nitrogen and oxygen atoms in total. The topological polar surface area (TPSA) is 94.7 Å². The highest BCUT2D eigenvalue weighted by atomic mass is 16.5. The number of amides is 1. The van der Waals surface area contributed by atoms with E-state index in [1.165, 1.54) is 5.56 Å². The number of hydrogen-bond donors (Lipinski definition) is 3. The van der Waals surface area contributed by atoms with Gasteiger partial charge in [0.2, 0.25) is 0 Å². The minimum absolute atomic E-state index is 0.187. The summed E-state index contributed by atoms with van der Waals surface area (Å²) in [5.74, 6) is -0.689. The van der Waals surface area contributed by atoms with Gasteiger partial charge in [0.15, 0.2) is 12.4 Å². The Hall–Kier alpha value is -3.16.